The first-order chi connectivity index (χ1) is 15.5. The number of thiazole rings is 1. The Kier molecular flexibility index (Phi) is 4.97. The van der Waals surface area contributed by atoms with Gasteiger partial charge in [0.1, 0.15) is 23.1 Å². The number of hydrogen-bond acceptors (Lipinski definition) is 7. The molecule has 0 saturated heterocycles. The number of hydrogen-bond donors (Lipinski definition) is 1. The molecule has 1 unspecified atom stereocenters. The normalized spacial score (nSPS) is 15.4. The first-order valence-corrected chi connectivity index (χ1v) is 10.9. The van der Waals surface area contributed by atoms with Crippen LogP contribution < -0.4 is 19.5 Å². The van der Waals surface area contributed by atoms with Gasteiger partial charge in [0, 0.05) is 29.5 Å². The van der Waals surface area contributed by atoms with Gasteiger partial charge >= 0.3 is 0 Å². The first-order valence-electron chi connectivity index (χ1n) is 10.1. The fraction of sp³-hybridized carbons (Fsp3) is 0.261. The van der Waals surface area contributed by atoms with Gasteiger partial charge in [0.2, 0.25) is 11.0 Å². The van der Waals surface area contributed by atoms with Crippen molar-refractivity contribution in [3.8, 4) is 22.4 Å². The van der Waals surface area contributed by atoms with Gasteiger partial charge in [-0.25, -0.2) is 4.98 Å². The van der Waals surface area contributed by atoms with E-state index in [1.807, 2.05) is 43.3 Å². The highest BCUT2D eigenvalue weighted by atomic mass is 32.1. The molecule has 32 heavy (non-hydrogen) atoms. The van der Waals surface area contributed by atoms with Crippen LogP contribution in [0.4, 0.5) is 5.82 Å². The fourth-order valence-corrected chi connectivity index (χ4v) is 5.12. The average molecular weight is 451 g/mol. The molecule has 1 aliphatic heterocycles. The summed E-state index contributed by atoms with van der Waals surface area (Å²) in [5.74, 6) is 2.52. The lowest BCUT2D eigenvalue weighted by molar-refractivity contribution is -0.116. The summed E-state index contributed by atoms with van der Waals surface area (Å²) in [5, 5.41) is 8.45. The third-order valence-electron chi connectivity index (χ3n) is 5.68. The number of methoxy groups -OCH3 is 3. The molecule has 4 aromatic rings. The van der Waals surface area contributed by atoms with E-state index in [0.717, 1.165) is 32.8 Å². The number of fused-ring (bicyclic) bond motifs is 2. The highest BCUT2D eigenvalue weighted by Gasteiger charge is 2.34. The Morgan fingerprint density at radius 3 is 2.56 bits per heavy atom. The molecule has 1 amide bonds. The van der Waals surface area contributed by atoms with Crippen molar-refractivity contribution in [2.24, 2.45) is 0 Å². The molecule has 2 aromatic heterocycles. The van der Waals surface area contributed by atoms with Gasteiger partial charge in [0.05, 0.1) is 37.2 Å². The zero-order chi connectivity index (χ0) is 22.4. The van der Waals surface area contributed by atoms with Gasteiger partial charge < -0.3 is 19.5 Å². The Hall–Kier alpha value is -3.59. The topological polar surface area (TPSA) is 87.5 Å². The van der Waals surface area contributed by atoms with E-state index in [9.17, 15) is 4.79 Å². The minimum Gasteiger partial charge on any atom is -0.497 e. The maximum atomic E-state index is 12.7. The maximum Gasteiger partial charge on any atom is 0.226 e. The fourth-order valence-electron chi connectivity index (χ4n) is 4.17. The lowest BCUT2D eigenvalue weighted by atomic mass is 9.85. The number of aryl methyl sites for hydroxylation is 1. The van der Waals surface area contributed by atoms with Gasteiger partial charge in [-0.05, 0) is 31.2 Å². The lowest BCUT2D eigenvalue weighted by Crippen LogP contribution is -2.25. The lowest BCUT2D eigenvalue weighted by Gasteiger charge is -2.25. The van der Waals surface area contributed by atoms with Gasteiger partial charge in [-0.1, -0.05) is 17.4 Å². The zero-order valence-electron chi connectivity index (χ0n) is 18.1. The molecule has 0 saturated carbocycles. The van der Waals surface area contributed by atoms with Crippen molar-refractivity contribution in [2.75, 3.05) is 26.6 Å². The molecular formula is C23H22N4O4S. The highest BCUT2D eigenvalue weighted by molar-refractivity contribution is 7.20. The number of amides is 1. The van der Waals surface area contributed by atoms with E-state index >= 15 is 0 Å². The standard InChI is InChI=1S/C23H22N4O4S/c1-12-21-16(15-7-5-13(29-2)9-18(15)31-4)11-20(28)25-22(21)27(26-12)23-24-17-8-6-14(30-3)10-19(17)32-23/h5-10,16H,11H2,1-4H3,(H,25,28). The summed E-state index contributed by atoms with van der Waals surface area (Å²) in [5.41, 5.74) is 3.56. The number of benzene rings is 2. The zero-order valence-corrected chi connectivity index (χ0v) is 18.9. The second-order valence-electron chi connectivity index (χ2n) is 7.50. The molecule has 9 heteroatoms. The third-order valence-corrected chi connectivity index (χ3v) is 6.68. The largest absolute Gasteiger partial charge is 0.497 e. The van der Waals surface area contributed by atoms with Gasteiger partial charge in [0.25, 0.3) is 0 Å². The minimum absolute atomic E-state index is 0.0794. The second-order valence-corrected chi connectivity index (χ2v) is 8.51. The molecule has 164 valence electrons. The van der Waals surface area contributed by atoms with E-state index in [1.54, 1.807) is 26.0 Å². The van der Waals surface area contributed by atoms with Crippen molar-refractivity contribution in [1.29, 1.82) is 0 Å². The Morgan fingerprint density at radius 1 is 1.06 bits per heavy atom. The molecule has 0 spiro atoms. The predicted molar refractivity (Wildman–Crippen MR) is 123 cm³/mol. The minimum atomic E-state index is -0.192. The maximum absolute atomic E-state index is 12.7. The van der Waals surface area contributed by atoms with Crippen molar-refractivity contribution in [1.82, 2.24) is 14.8 Å². The first kappa shape index (κ1) is 20.3. The van der Waals surface area contributed by atoms with Gasteiger partial charge in [0.15, 0.2) is 0 Å². The Balaban J connectivity index is 1.65. The van der Waals surface area contributed by atoms with Gasteiger partial charge in [-0.15, -0.1) is 0 Å². The van der Waals surface area contributed by atoms with Crippen molar-refractivity contribution >= 4 is 33.3 Å². The molecule has 0 radical (unpaired) electrons. The quantitative estimate of drug-likeness (QED) is 0.488. The van der Waals surface area contributed by atoms with Gasteiger partial charge in [-0.3, -0.25) is 4.79 Å². The predicted octanol–water partition coefficient (Wildman–Crippen LogP) is 4.29. The summed E-state index contributed by atoms with van der Waals surface area (Å²) < 4.78 is 19.0. The molecule has 1 N–H and O–H groups in total. The third kappa shape index (κ3) is 3.25. The van der Waals surface area contributed by atoms with Crippen LogP contribution in [0.25, 0.3) is 15.3 Å². The van der Waals surface area contributed by atoms with Crippen molar-refractivity contribution in [3.05, 3.63) is 53.2 Å². The van der Waals surface area contributed by atoms with Crippen LogP contribution in [-0.4, -0.2) is 42.0 Å². The van der Waals surface area contributed by atoms with Crippen molar-refractivity contribution in [2.45, 2.75) is 19.3 Å². The summed E-state index contributed by atoms with van der Waals surface area (Å²) in [6.45, 7) is 1.95. The molecule has 5 rings (SSSR count). The Morgan fingerprint density at radius 2 is 1.81 bits per heavy atom. The summed E-state index contributed by atoms with van der Waals surface area (Å²) >= 11 is 1.49. The second kappa shape index (κ2) is 7.83. The molecular weight excluding hydrogens is 428 g/mol. The number of aromatic nitrogens is 3. The highest BCUT2D eigenvalue weighted by Crippen LogP contribution is 2.44. The van der Waals surface area contributed by atoms with E-state index in [1.165, 1.54) is 11.3 Å². The van der Waals surface area contributed by atoms with E-state index in [2.05, 4.69) is 5.32 Å². The smallest absolute Gasteiger partial charge is 0.226 e. The number of anilines is 1. The molecule has 0 bridgehead atoms. The summed E-state index contributed by atoms with van der Waals surface area (Å²) in [7, 11) is 4.87. The SMILES string of the molecule is COc1ccc(C2CC(=O)Nc3c2c(C)nn3-c2nc3ccc(OC)cc3s2)c(OC)c1. The summed E-state index contributed by atoms with van der Waals surface area (Å²) in [6, 6.07) is 11.4. The van der Waals surface area contributed by atoms with Crippen LogP contribution in [0, 0.1) is 6.92 Å². The average Bonchev–Trinajstić information content (AvgIpc) is 3.38. The Bertz CT molecular complexity index is 1340. The molecule has 3 heterocycles. The van der Waals surface area contributed by atoms with Crippen LogP contribution in [0.2, 0.25) is 0 Å². The Labute approximate surface area is 188 Å². The van der Waals surface area contributed by atoms with Crippen LogP contribution in [0.3, 0.4) is 0 Å². The van der Waals surface area contributed by atoms with E-state index < -0.39 is 0 Å². The van der Waals surface area contributed by atoms with Crippen LogP contribution >= 0.6 is 11.3 Å². The number of nitrogens with zero attached hydrogens (tertiary/aromatic N) is 3. The molecule has 8 nitrogen and oxygen atoms in total. The molecule has 0 aliphatic carbocycles. The van der Waals surface area contributed by atoms with Gasteiger partial charge in [-0.2, -0.15) is 9.78 Å². The van der Waals surface area contributed by atoms with E-state index in [4.69, 9.17) is 24.3 Å². The number of rotatable bonds is 5. The number of nitrogens with one attached hydrogen (secondary N) is 1. The van der Waals surface area contributed by atoms with Crippen molar-refractivity contribution in [3.63, 3.8) is 0 Å². The summed E-state index contributed by atoms with van der Waals surface area (Å²) in [4.78, 5) is 17.5. The summed E-state index contributed by atoms with van der Waals surface area (Å²) in [6.07, 6.45) is 0.305. The molecule has 1 atom stereocenters. The van der Waals surface area contributed by atoms with Crippen LogP contribution in [0.5, 0.6) is 17.2 Å². The van der Waals surface area contributed by atoms with Crippen LogP contribution in [-0.2, 0) is 4.79 Å². The van der Waals surface area contributed by atoms with Crippen LogP contribution in [0.1, 0.15) is 29.2 Å². The van der Waals surface area contributed by atoms with E-state index in [-0.39, 0.29) is 11.8 Å². The molecule has 2 aromatic carbocycles. The molecule has 1 aliphatic rings. The monoisotopic (exact) mass is 450 g/mol. The number of carbonyl (C=O) groups excluding carboxylic acids is 1. The number of carbonyl (C=O) groups is 1. The van der Waals surface area contributed by atoms with Crippen LogP contribution in [0.15, 0.2) is 36.4 Å². The van der Waals surface area contributed by atoms with Crippen molar-refractivity contribution < 1.29 is 19.0 Å². The van der Waals surface area contributed by atoms with E-state index in [0.29, 0.717) is 28.9 Å². The number of ether oxygens (including phenoxy) is 3. The molecule has 0 fully saturated rings.